The van der Waals surface area contributed by atoms with Crippen molar-refractivity contribution in [3.05, 3.63) is 0 Å². The molecule has 1 saturated carbocycles. The third kappa shape index (κ3) is 7.77. The Kier molecular flexibility index (Phi) is 7.14. The second-order valence-corrected chi connectivity index (χ2v) is 6.20. The number of unbranched alkanes of at least 4 members (excludes halogenated alkanes) is 2. The van der Waals surface area contributed by atoms with Crippen LogP contribution in [-0.2, 0) is 0 Å². The van der Waals surface area contributed by atoms with Crippen molar-refractivity contribution in [3.8, 4) is 0 Å². The van der Waals surface area contributed by atoms with Gasteiger partial charge in [0.15, 0.2) is 0 Å². The molecule has 17 heavy (non-hydrogen) atoms. The maximum Gasteiger partial charge on any atom is 0.00387 e. The van der Waals surface area contributed by atoms with Gasteiger partial charge in [-0.1, -0.05) is 20.3 Å². The van der Waals surface area contributed by atoms with Gasteiger partial charge in [-0.3, -0.25) is 0 Å². The van der Waals surface area contributed by atoms with Crippen molar-refractivity contribution in [2.24, 2.45) is 5.92 Å². The zero-order valence-electron chi connectivity index (χ0n) is 12.3. The minimum atomic E-state index is 0.636. The first-order valence-corrected chi connectivity index (χ1v) is 7.57. The van der Waals surface area contributed by atoms with Gasteiger partial charge >= 0.3 is 0 Å². The Labute approximate surface area is 108 Å². The molecule has 0 amide bonds. The molecule has 2 nitrogen and oxygen atoms in total. The topological polar surface area (TPSA) is 15.3 Å². The van der Waals surface area contributed by atoms with Crippen LogP contribution in [0.2, 0.25) is 0 Å². The molecule has 1 aliphatic rings. The molecule has 0 heterocycles. The number of hydrogen-bond donors (Lipinski definition) is 1. The normalized spacial score (nSPS) is 16.4. The van der Waals surface area contributed by atoms with E-state index in [2.05, 4.69) is 37.9 Å². The second kappa shape index (κ2) is 8.10. The molecule has 0 saturated heterocycles. The van der Waals surface area contributed by atoms with E-state index in [0.29, 0.717) is 6.04 Å². The molecule has 0 bridgehead atoms. The molecule has 0 aliphatic heterocycles. The van der Waals surface area contributed by atoms with Gasteiger partial charge < -0.3 is 10.2 Å². The summed E-state index contributed by atoms with van der Waals surface area (Å²) in [4.78, 5) is 2.67. The summed E-state index contributed by atoms with van der Waals surface area (Å²) in [6.45, 7) is 12.9. The van der Waals surface area contributed by atoms with E-state index < -0.39 is 0 Å². The van der Waals surface area contributed by atoms with Crippen LogP contribution >= 0.6 is 0 Å². The lowest BCUT2D eigenvalue weighted by Gasteiger charge is -2.26. The minimum Gasteiger partial charge on any atom is -0.315 e. The van der Waals surface area contributed by atoms with Gasteiger partial charge in [-0.25, -0.2) is 0 Å². The fraction of sp³-hybridized carbons (Fsp3) is 1.00. The molecule has 0 aromatic heterocycles. The average Bonchev–Trinajstić information content (AvgIpc) is 3.04. The van der Waals surface area contributed by atoms with E-state index in [-0.39, 0.29) is 0 Å². The number of nitrogens with zero attached hydrogens (tertiary/aromatic N) is 1. The first-order chi connectivity index (χ1) is 8.09. The lowest BCUT2D eigenvalue weighted by atomic mass is 10.2. The van der Waals surface area contributed by atoms with Crippen LogP contribution in [0.15, 0.2) is 0 Å². The molecular formula is C15H32N2. The standard InChI is InChI=1S/C15H32N2/c1-13(2)16-10-6-5-7-11-17(14(3)4)12-15-8-9-15/h13-16H,5-12H2,1-4H3. The van der Waals surface area contributed by atoms with Crippen molar-refractivity contribution in [2.45, 2.75) is 71.9 Å². The lowest BCUT2D eigenvalue weighted by molar-refractivity contribution is 0.208. The largest absolute Gasteiger partial charge is 0.315 e. The Morgan fingerprint density at radius 3 is 2.29 bits per heavy atom. The molecule has 1 aliphatic carbocycles. The zero-order chi connectivity index (χ0) is 12.7. The maximum atomic E-state index is 3.48. The predicted molar refractivity (Wildman–Crippen MR) is 76.4 cm³/mol. The molecule has 102 valence electrons. The van der Waals surface area contributed by atoms with Gasteiger partial charge in [0.2, 0.25) is 0 Å². The smallest absolute Gasteiger partial charge is 0.00387 e. The third-order valence-electron chi connectivity index (χ3n) is 3.59. The van der Waals surface area contributed by atoms with Crippen molar-refractivity contribution in [1.29, 1.82) is 0 Å². The van der Waals surface area contributed by atoms with E-state index in [1.54, 1.807) is 0 Å². The van der Waals surface area contributed by atoms with Gasteiger partial charge in [-0.15, -0.1) is 0 Å². The van der Waals surface area contributed by atoms with E-state index in [1.807, 2.05) is 0 Å². The molecule has 0 spiro atoms. The van der Waals surface area contributed by atoms with Crippen molar-refractivity contribution in [2.75, 3.05) is 19.6 Å². The second-order valence-electron chi connectivity index (χ2n) is 6.20. The van der Waals surface area contributed by atoms with Crippen LogP contribution in [0.3, 0.4) is 0 Å². The van der Waals surface area contributed by atoms with Crippen molar-refractivity contribution in [1.82, 2.24) is 10.2 Å². The van der Waals surface area contributed by atoms with Crippen LogP contribution in [0.1, 0.15) is 59.8 Å². The SMILES string of the molecule is CC(C)NCCCCCN(CC1CC1)C(C)C. The molecule has 0 radical (unpaired) electrons. The van der Waals surface area contributed by atoms with E-state index in [1.165, 1.54) is 51.7 Å². The number of nitrogens with one attached hydrogen (secondary N) is 1. The molecule has 0 unspecified atom stereocenters. The molecule has 1 rings (SSSR count). The lowest BCUT2D eigenvalue weighted by Crippen LogP contribution is -2.33. The zero-order valence-corrected chi connectivity index (χ0v) is 12.3. The number of hydrogen-bond acceptors (Lipinski definition) is 2. The monoisotopic (exact) mass is 240 g/mol. The fourth-order valence-corrected chi connectivity index (χ4v) is 2.20. The Morgan fingerprint density at radius 1 is 1.06 bits per heavy atom. The van der Waals surface area contributed by atoms with Crippen LogP contribution < -0.4 is 5.32 Å². The molecular weight excluding hydrogens is 208 g/mol. The Bertz CT molecular complexity index is 185. The minimum absolute atomic E-state index is 0.636. The summed E-state index contributed by atoms with van der Waals surface area (Å²) in [5, 5.41) is 3.48. The van der Waals surface area contributed by atoms with Gasteiger partial charge in [0.1, 0.15) is 0 Å². The quantitative estimate of drug-likeness (QED) is 0.590. The summed E-state index contributed by atoms with van der Waals surface area (Å²) in [7, 11) is 0. The van der Waals surface area contributed by atoms with E-state index in [9.17, 15) is 0 Å². The molecule has 1 N–H and O–H groups in total. The van der Waals surface area contributed by atoms with Crippen LogP contribution in [0, 0.1) is 5.92 Å². The van der Waals surface area contributed by atoms with Crippen molar-refractivity contribution in [3.63, 3.8) is 0 Å². The fourth-order valence-electron chi connectivity index (χ4n) is 2.20. The number of rotatable bonds is 10. The van der Waals surface area contributed by atoms with Crippen LogP contribution in [0.5, 0.6) is 0 Å². The molecule has 2 heteroatoms. The summed E-state index contributed by atoms with van der Waals surface area (Å²) in [6.07, 6.45) is 7.01. The van der Waals surface area contributed by atoms with Gasteiger partial charge in [0, 0.05) is 18.6 Å². The van der Waals surface area contributed by atoms with Crippen LogP contribution in [0.4, 0.5) is 0 Å². The predicted octanol–water partition coefficient (Wildman–Crippen LogP) is 3.28. The highest BCUT2D eigenvalue weighted by atomic mass is 15.1. The van der Waals surface area contributed by atoms with E-state index in [4.69, 9.17) is 0 Å². The van der Waals surface area contributed by atoms with Gasteiger partial charge in [-0.2, -0.15) is 0 Å². The maximum absolute atomic E-state index is 3.48. The first kappa shape index (κ1) is 15.0. The van der Waals surface area contributed by atoms with Gasteiger partial charge in [-0.05, 0) is 58.5 Å². The highest BCUT2D eigenvalue weighted by molar-refractivity contribution is 4.78. The Morgan fingerprint density at radius 2 is 1.76 bits per heavy atom. The van der Waals surface area contributed by atoms with Gasteiger partial charge in [0.25, 0.3) is 0 Å². The van der Waals surface area contributed by atoms with Crippen molar-refractivity contribution >= 4 is 0 Å². The van der Waals surface area contributed by atoms with Crippen LogP contribution in [0.25, 0.3) is 0 Å². The Hall–Kier alpha value is -0.0800. The first-order valence-electron chi connectivity index (χ1n) is 7.57. The summed E-state index contributed by atoms with van der Waals surface area (Å²) >= 11 is 0. The van der Waals surface area contributed by atoms with Crippen molar-refractivity contribution < 1.29 is 0 Å². The van der Waals surface area contributed by atoms with E-state index >= 15 is 0 Å². The van der Waals surface area contributed by atoms with E-state index in [0.717, 1.165) is 12.0 Å². The summed E-state index contributed by atoms with van der Waals surface area (Å²) in [5.74, 6) is 1.03. The highest BCUT2D eigenvalue weighted by Gasteiger charge is 2.24. The molecule has 1 fully saturated rings. The van der Waals surface area contributed by atoms with Crippen LogP contribution in [-0.4, -0.2) is 36.6 Å². The molecule has 0 aromatic rings. The summed E-state index contributed by atoms with van der Waals surface area (Å²) in [6, 6.07) is 1.36. The third-order valence-corrected chi connectivity index (χ3v) is 3.59. The van der Waals surface area contributed by atoms with Gasteiger partial charge in [0.05, 0.1) is 0 Å². The highest BCUT2D eigenvalue weighted by Crippen LogP contribution is 2.30. The summed E-state index contributed by atoms with van der Waals surface area (Å²) < 4.78 is 0. The Balaban J connectivity index is 1.98. The average molecular weight is 240 g/mol. The molecule has 0 atom stereocenters. The summed E-state index contributed by atoms with van der Waals surface area (Å²) in [5.41, 5.74) is 0. The molecule has 0 aromatic carbocycles.